The molecule has 55 heavy (non-hydrogen) atoms. The molecule has 1 atom stereocenters. The van der Waals surface area contributed by atoms with Crippen LogP contribution in [0.3, 0.4) is 0 Å². The fraction of sp³-hybridized carbons (Fsp3) is 0.0208. The van der Waals surface area contributed by atoms with Crippen molar-refractivity contribution in [2.75, 3.05) is 4.90 Å². The molecule has 6 aromatic carbocycles. The number of rotatable bonds is 2. The van der Waals surface area contributed by atoms with Crippen LogP contribution in [0.1, 0.15) is 22.3 Å². The highest BCUT2D eigenvalue weighted by Crippen LogP contribution is 2.63. The van der Waals surface area contributed by atoms with Crippen LogP contribution in [0.25, 0.3) is 43.7 Å². The van der Waals surface area contributed by atoms with Gasteiger partial charge in [0.15, 0.2) is 17.2 Å². The van der Waals surface area contributed by atoms with Gasteiger partial charge in [-0.05, 0) is 89.3 Å². The minimum Gasteiger partial charge on any atom is -0.453 e. The van der Waals surface area contributed by atoms with E-state index in [1.807, 2.05) is 60.6 Å². The first-order chi connectivity index (χ1) is 27.2. The van der Waals surface area contributed by atoms with E-state index in [4.69, 9.17) is 21.3 Å². The van der Waals surface area contributed by atoms with E-state index < -0.39 is 5.41 Å². The van der Waals surface area contributed by atoms with Crippen LogP contribution in [0.2, 0.25) is 0 Å². The van der Waals surface area contributed by atoms with Crippen LogP contribution in [-0.2, 0) is 5.41 Å². The molecule has 12 rings (SSSR count). The summed E-state index contributed by atoms with van der Waals surface area (Å²) >= 11 is 1.81. The zero-order valence-corrected chi connectivity index (χ0v) is 30.0. The molecule has 3 aliphatic rings. The summed E-state index contributed by atoms with van der Waals surface area (Å²) in [6, 6.07) is 53.1. The molecule has 0 fully saturated rings. The predicted octanol–water partition coefficient (Wildman–Crippen LogP) is 12.5. The molecule has 7 heteroatoms. The third kappa shape index (κ3) is 3.98. The highest BCUT2D eigenvalue weighted by molar-refractivity contribution is 7.99. The van der Waals surface area contributed by atoms with Crippen molar-refractivity contribution in [3.8, 4) is 28.6 Å². The number of aromatic nitrogens is 3. The largest absolute Gasteiger partial charge is 0.453 e. The zero-order chi connectivity index (χ0) is 36.3. The monoisotopic (exact) mass is 721 g/mol. The van der Waals surface area contributed by atoms with Gasteiger partial charge in [-0.1, -0.05) is 90.6 Å². The summed E-state index contributed by atoms with van der Waals surface area (Å²) in [5.74, 6) is 1.59. The van der Waals surface area contributed by atoms with Gasteiger partial charge in [-0.2, -0.15) is 0 Å². The predicted molar refractivity (Wildman–Crippen MR) is 219 cm³/mol. The average Bonchev–Trinajstić information content (AvgIpc) is 3.72. The number of anilines is 3. The van der Waals surface area contributed by atoms with Crippen molar-refractivity contribution < 1.29 is 4.74 Å². The van der Waals surface area contributed by atoms with E-state index in [-0.39, 0.29) is 0 Å². The summed E-state index contributed by atoms with van der Waals surface area (Å²) in [4.78, 5) is 18.9. The van der Waals surface area contributed by atoms with Gasteiger partial charge in [0.2, 0.25) is 0 Å². The fourth-order valence-corrected chi connectivity index (χ4v) is 10.4. The second-order valence-electron chi connectivity index (χ2n) is 14.0. The lowest BCUT2D eigenvalue weighted by molar-refractivity contribution is 0.477. The molecule has 5 heterocycles. The number of hydrogen-bond acceptors (Lipinski definition) is 5. The molecule has 9 aromatic rings. The fourth-order valence-electron chi connectivity index (χ4n) is 9.21. The first kappa shape index (κ1) is 30.3. The first-order valence-corrected chi connectivity index (χ1v) is 19.0. The number of ether oxygens (including phenoxy) is 1. The van der Waals surface area contributed by atoms with Gasteiger partial charge in [0.25, 0.3) is 0 Å². The number of benzene rings is 6. The second kappa shape index (κ2) is 11.2. The summed E-state index contributed by atoms with van der Waals surface area (Å²) in [5, 5.41) is 2.17. The normalized spacial score (nSPS) is 15.7. The van der Waals surface area contributed by atoms with Gasteiger partial charge in [-0.15, -0.1) is 0 Å². The lowest BCUT2D eigenvalue weighted by atomic mass is 9.67. The SMILES string of the molecule is [C-]#[N+]c1ccc2c(c1)c1ccccc1n2-c1cccc2c1C1(c3ccccc3S2)c2cccnc2-c2ncc(N3c4ccccc4Oc4ccccc43)cc21. The molecular formula is C48H27N5OS. The third-order valence-electron chi connectivity index (χ3n) is 11.3. The molecular weight excluding hydrogens is 695 g/mol. The van der Waals surface area contributed by atoms with Crippen molar-refractivity contribution in [1.29, 1.82) is 0 Å². The Morgan fingerprint density at radius 1 is 0.582 bits per heavy atom. The Kier molecular flexibility index (Phi) is 6.17. The van der Waals surface area contributed by atoms with Crippen molar-refractivity contribution in [2.24, 2.45) is 0 Å². The molecule has 1 aliphatic carbocycles. The number of pyridine rings is 2. The van der Waals surface area contributed by atoms with E-state index in [1.54, 1.807) is 0 Å². The minimum absolute atomic E-state index is 0.626. The number of hydrogen-bond donors (Lipinski definition) is 0. The molecule has 2 aliphatic heterocycles. The molecule has 256 valence electrons. The highest BCUT2D eigenvalue weighted by Gasteiger charge is 2.53. The van der Waals surface area contributed by atoms with E-state index in [0.29, 0.717) is 5.69 Å². The van der Waals surface area contributed by atoms with Crippen LogP contribution >= 0.6 is 11.8 Å². The van der Waals surface area contributed by atoms with Gasteiger partial charge < -0.3 is 14.2 Å². The van der Waals surface area contributed by atoms with E-state index in [1.165, 1.54) is 20.9 Å². The Morgan fingerprint density at radius 3 is 2.13 bits per heavy atom. The van der Waals surface area contributed by atoms with Crippen molar-refractivity contribution in [2.45, 2.75) is 15.2 Å². The molecule has 0 bridgehead atoms. The van der Waals surface area contributed by atoms with Crippen molar-refractivity contribution >= 4 is 56.3 Å². The smallest absolute Gasteiger partial charge is 0.188 e. The molecule has 6 nitrogen and oxygen atoms in total. The maximum absolute atomic E-state index is 7.80. The Balaban J connectivity index is 1.22. The molecule has 1 spiro atoms. The van der Waals surface area contributed by atoms with E-state index in [9.17, 15) is 0 Å². The summed E-state index contributed by atoms with van der Waals surface area (Å²) < 4.78 is 8.82. The minimum atomic E-state index is -0.769. The molecule has 0 saturated heterocycles. The number of fused-ring (bicyclic) bond motifs is 14. The summed E-state index contributed by atoms with van der Waals surface area (Å²) in [6.45, 7) is 7.80. The van der Waals surface area contributed by atoms with Crippen LogP contribution in [0.5, 0.6) is 11.5 Å². The van der Waals surface area contributed by atoms with Crippen LogP contribution in [0.4, 0.5) is 22.7 Å². The Labute approximate surface area is 320 Å². The molecule has 0 radical (unpaired) electrons. The Hall–Kier alpha value is -7.14. The van der Waals surface area contributed by atoms with E-state index in [0.717, 1.165) is 78.6 Å². The van der Waals surface area contributed by atoms with E-state index in [2.05, 4.69) is 130 Å². The van der Waals surface area contributed by atoms with Crippen LogP contribution in [-0.4, -0.2) is 14.5 Å². The summed E-state index contributed by atoms with van der Waals surface area (Å²) in [7, 11) is 0. The third-order valence-corrected chi connectivity index (χ3v) is 12.5. The Morgan fingerprint density at radius 2 is 1.27 bits per heavy atom. The second-order valence-corrected chi connectivity index (χ2v) is 15.1. The average molecular weight is 722 g/mol. The van der Waals surface area contributed by atoms with Gasteiger partial charge in [0, 0.05) is 32.5 Å². The van der Waals surface area contributed by atoms with Gasteiger partial charge in [0.1, 0.15) is 0 Å². The van der Waals surface area contributed by atoms with Crippen molar-refractivity contribution in [1.82, 2.24) is 14.5 Å². The molecule has 0 saturated carbocycles. The van der Waals surface area contributed by atoms with Gasteiger partial charge >= 0.3 is 0 Å². The maximum atomic E-state index is 7.80. The van der Waals surface area contributed by atoms with E-state index >= 15 is 0 Å². The van der Waals surface area contributed by atoms with Gasteiger partial charge in [0.05, 0.1) is 63.4 Å². The van der Waals surface area contributed by atoms with Gasteiger partial charge in [-0.3, -0.25) is 9.97 Å². The number of nitrogens with zero attached hydrogens (tertiary/aromatic N) is 5. The van der Waals surface area contributed by atoms with Gasteiger partial charge in [-0.25, -0.2) is 4.85 Å². The first-order valence-electron chi connectivity index (χ1n) is 18.2. The number of para-hydroxylation sites is 5. The summed E-state index contributed by atoms with van der Waals surface area (Å²) in [5.41, 5.74) is 12.3. The zero-order valence-electron chi connectivity index (χ0n) is 29.1. The van der Waals surface area contributed by atoms with Crippen LogP contribution in [0.15, 0.2) is 174 Å². The van der Waals surface area contributed by atoms with Crippen molar-refractivity contribution in [3.63, 3.8) is 0 Å². The topological polar surface area (TPSA) is 47.5 Å². The lowest BCUT2D eigenvalue weighted by Gasteiger charge is -2.41. The Bertz CT molecular complexity index is 3120. The highest BCUT2D eigenvalue weighted by atomic mass is 32.2. The quantitative estimate of drug-likeness (QED) is 0.166. The lowest BCUT2D eigenvalue weighted by Crippen LogP contribution is -2.33. The molecule has 0 amide bonds. The maximum Gasteiger partial charge on any atom is 0.188 e. The van der Waals surface area contributed by atoms with Crippen LogP contribution < -0.4 is 9.64 Å². The summed E-state index contributed by atoms with van der Waals surface area (Å²) in [6.07, 6.45) is 3.86. The molecule has 0 N–H and O–H groups in total. The van der Waals surface area contributed by atoms with Crippen molar-refractivity contribution in [3.05, 3.63) is 198 Å². The standard InChI is InChI=1S/C48H27N5OS/c1-49-29-23-24-37-32(26-29)31-12-2-4-15-36(31)53(37)40-18-10-22-44-45(40)48(33-13-3-9-21-43(33)55-44)34-14-11-25-50-46(34)47-35(48)27-30(28-51-47)52-38-16-5-7-19-41(38)54-42-20-8-6-17-39(42)52/h2-28H. The molecule has 1 unspecified atom stereocenters. The van der Waals surface area contributed by atoms with Crippen LogP contribution in [0, 0.1) is 6.57 Å². The molecule has 3 aromatic heterocycles.